The van der Waals surface area contributed by atoms with Crippen molar-refractivity contribution in [3.63, 3.8) is 0 Å². The van der Waals surface area contributed by atoms with Gasteiger partial charge in [0.1, 0.15) is 11.8 Å². The summed E-state index contributed by atoms with van der Waals surface area (Å²) in [5.74, 6) is -15.8. The molecule has 12 N–H and O–H groups in total. The molecule has 1 aromatic rings. The zero-order valence-electron chi connectivity index (χ0n) is 30.6. The number of benzene rings is 1. The first-order chi connectivity index (χ1) is 25.5. The average Bonchev–Trinajstić information content (AvgIpc) is 3.07. The van der Waals surface area contributed by atoms with Gasteiger partial charge < -0.3 is 51.4 Å². The van der Waals surface area contributed by atoms with E-state index in [9.17, 15) is 38.4 Å². The van der Waals surface area contributed by atoms with E-state index < -0.39 is 96.5 Å². The summed E-state index contributed by atoms with van der Waals surface area (Å²) in [4.78, 5) is 114. The third kappa shape index (κ3) is 15.4. The lowest BCUT2D eigenvalue weighted by Gasteiger charge is -2.38. The van der Waals surface area contributed by atoms with Gasteiger partial charge in [0.25, 0.3) is 11.4 Å². The molecule has 0 aliphatic carbocycles. The van der Waals surface area contributed by atoms with E-state index in [1.807, 2.05) is 0 Å². The summed E-state index contributed by atoms with van der Waals surface area (Å²) >= 11 is 1.13. The maximum absolute atomic E-state index is 13.9. The van der Waals surface area contributed by atoms with Crippen molar-refractivity contribution in [1.29, 1.82) is 0 Å². The van der Waals surface area contributed by atoms with Gasteiger partial charge in [-0.3, -0.25) is 35.6 Å². The number of carbonyl (C=O) groups is 8. The first-order valence-corrected chi connectivity index (χ1v) is 17.3. The number of aliphatic imine (C=N–C) groups is 1. The second kappa shape index (κ2) is 21.4. The standard InChI is InChI=1S/C31H45N7O16S/c1-16(39)47-22-10-7-6-9-20(22)15-21(32)24(43)50-31(23(33)25(44)54-53-19(4)42,52-27(46)30(37,12-14-55-5)49-18(3)41)51-26(45)29(36,48-17(2)40)11-8-13-38-28(34)35/h6-7,9-10,21,23H,8,11-15,32-33,36-37H2,1-5H3,(H4,34,35,38)/t21?,23?,29?,30-,31?/m1/s1. The number of hydrogen-bond acceptors (Lipinski definition) is 22. The predicted octanol–water partition coefficient (Wildman–Crippen LogP) is -2.64. The van der Waals surface area contributed by atoms with Crippen molar-refractivity contribution in [2.75, 3.05) is 18.6 Å². The van der Waals surface area contributed by atoms with Gasteiger partial charge in [0, 0.05) is 53.5 Å². The lowest BCUT2D eigenvalue weighted by molar-refractivity contribution is -0.350. The highest BCUT2D eigenvalue weighted by molar-refractivity contribution is 7.98. The molecule has 0 radical (unpaired) electrons. The number of rotatable bonds is 20. The van der Waals surface area contributed by atoms with Crippen molar-refractivity contribution in [3.8, 4) is 5.75 Å². The topological polar surface area (TPSA) is 379 Å². The Morgan fingerprint density at radius 3 is 1.76 bits per heavy atom. The Hall–Kier alpha value is -5.56. The second-order valence-corrected chi connectivity index (χ2v) is 12.4. The molecule has 0 spiro atoms. The van der Waals surface area contributed by atoms with Crippen molar-refractivity contribution in [2.24, 2.45) is 39.4 Å². The Morgan fingerprint density at radius 1 is 0.727 bits per heavy atom. The average molecular weight is 804 g/mol. The summed E-state index contributed by atoms with van der Waals surface area (Å²) in [6.45, 7) is 3.45. The summed E-state index contributed by atoms with van der Waals surface area (Å²) < 4.78 is 31.0. The van der Waals surface area contributed by atoms with Crippen molar-refractivity contribution in [3.05, 3.63) is 29.8 Å². The fourth-order valence-corrected chi connectivity index (χ4v) is 4.66. The minimum atomic E-state index is -3.90. The number of hydrogen-bond donors (Lipinski definition) is 6. The van der Waals surface area contributed by atoms with Crippen LogP contribution in [0.1, 0.15) is 52.5 Å². The first-order valence-electron chi connectivity index (χ1n) is 15.9. The lowest BCUT2D eigenvalue weighted by Crippen LogP contribution is -2.67. The van der Waals surface area contributed by atoms with Gasteiger partial charge >= 0.3 is 53.7 Å². The molecule has 0 bridgehead atoms. The molecule has 0 fully saturated rings. The van der Waals surface area contributed by atoms with Gasteiger partial charge in [-0.15, -0.1) is 0 Å². The molecule has 306 valence electrons. The Morgan fingerprint density at radius 2 is 1.27 bits per heavy atom. The molecule has 0 saturated carbocycles. The van der Waals surface area contributed by atoms with E-state index in [2.05, 4.69) is 14.8 Å². The van der Waals surface area contributed by atoms with Crippen LogP contribution in [0.3, 0.4) is 0 Å². The normalized spacial score (nSPS) is 15.1. The van der Waals surface area contributed by atoms with E-state index in [1.54, 1.807) is 6.26 Å². The van der Waals surface area contributed by atoms with E-state index in [0.717, 1.165) is 39.5 Å². The highest BCUT2D eigenvalue weighted by atomic mass is 32.2. The molecule has 55 heavy (non-hydrogen) atoms. The maximum Gasteiger partial charge on any atom is 0.451 e. The van der Waals surface area contributed by atoms with E-state index in [0.29, 0.717) is 0 Å². The SMILES string of the molecule is CSCC[C@@](N)(OC(C)=O)C(=O)OC(OC(=O)C(N)Cc1ccccc1OC(C)=O)(OC(=O)C(N)(CCCN=C(N)N)OC(C)=O)C(N)C(=O)OOC(C)=O. The van der Waals surface area contributed by atoms with Crippen LogP contribution >= 0.6 is 11.8 Å². The van der Waals surface area contributed by atoms with Crippen LogP contribution in [0.25, 0.3) is 0 Å². The molecule has 0 aliphatic rings. The van der Waals surface area contributed by atoms with Crippen LogP contribution in [-0.2, 0) is 78.2 Å². The number of thioether (sulfide) groups is 1. The lowest BCUT2D eigenvalue weighted by atomic mass is 10.1. The van der Waals surface area contributed by atoms with Crippen LogP contribution < -0.4 is 39.1 Å². The van der Waals surface area contributed by atoms with Gasteiger partial charge in [0.05, 0.1) is 0 Å². The van der Waals surface area contributed by atoms with Gasteiger partial charge in [0.15, 0.2) is 5.96 Å². The van der Waals surface area contributed by atoms with Crippen LogP contribution in [0.4, 0.5) is 0 Å². The molecule has 24 heteroatoms. The van der Waals surface area contributed by atoms with Gasteiger partial charge in [-0.2, -0.15) is 11.8 Å². The molecule has 0 saturated heterocycles. The van der Waals surface area contributed by atoms with Crippen LogP contribution in [0, 0.1) is 0 Å². The van der Waals surface area contributed by atoms with Gasteiger partial charge in [-0.1, -0.05) is 18.2 Å². The minimum Gasteiger partial charge on any atom is -0.433 e. The molecule has 0 amide bonds. The van der Waals surface area contributed by atoms with E-state index in [4.69, 9.17) is 62.8 Å². The molecule has 1 aromatic carbocycles. The van der Waals surface area contributed by atoms with Gasteiger partial charge in [-0.05, 0) is 30.1 Å². The monoisotopic (exact) mass is 803 g/mol. The van der Waals surface area contributed by atoms with Crippen molar-refractivity contribution in [2.45, 2.75) is 82.9 Å². The fourth-order valence-electron chi connectivity index (χ4n) is 4.15. The fraction of sp³-hybridized carbons (Fsp3) is 0.516. The highest BCUT2D eigenvalue weighted by Crippen LogP contribution is 2.30. The van der Waals surface area contributed by atoms with E-state index in [1.165, 1.54) is 24.3 Å². The molecule has 0 aromatic heterocycles. The zero-order chi connectivity index (χ0) is 42.1. The number of para-hydroxylation sites is 1. The van der Waals surface area contributed by atoms with Crippen LogP contribution in [0.15, 0.2) is 29.3 Å². The molecule has 5 atom stereocenters. The number of guanidine groups is 1. The largest absolute Gasteiger partial charge is 0.451 e. The smallest absolute Gasteiger partial charge is 0.433 e. The van der Waals surface area contributed by atoms with E-state index >= 15 is 0 Å². The van der Waals surface area contributed by atoms with Crippen LogP contribution in [-0.4, -0.2) is 102 Å². The molecular formula is C31H45N7O16S. The van der Waals surface area contributed by atoms with Crippen LogP contribution in [0.5, 0.6) is 5.75 Å². The molecule has 1 rings (SSSR count). The van der Waals surface area contributed by atoms with Crippen LogP contribution in [0.2, 0.25) is 0 Å². The zero-order valence-corrected chi connectivity index (χ0v) is 31.4. The Balaban J connectivity index is 4.00. The first kappa shape index (κ1) is 47.5. The molecule has 0 heterocycles. The number of esters is 6. The Labute approximate surface area is 318 Å². The summed E-state index contributed by atoms with van der Waals surface area (Å²) in [7, 11) is 0. The molecule has 4 unspecified atom stereocenters. The predicted molar refractivity (Wildman–Crippen MR) is 187 cm³/mol. The summed E-state index contributed by atoms with van der Waals surface area (Å²) in [5, 5.41) is 0. The Kier molecular flexibility index (Phi) is 18.4. The van der Waals surface area contributed by atoms with Crippen molar-refractivity contribution < 1.29 is 76.6 Å². The molecule has 0 aliphatic heterocycles. The summed E-state index contributed by atoms with van der Waals surface area (Å²) in [6.07, 6.45) is -0.221. The van der Waals surface area contributed by atoms with Gasteiger partial charge in [0.2, 0.25) is 6.04 Å². The highest BCUT2D eigenvalue weighted by Gasteiger charge is 2.60. The van der Waals surface area contributed by atoms with Gasteiger partial charge in [-0.25, -0.2) is 29.0 Å². The number of ether oxygens (including phenoxy) is 6. The molecule has 23 nitrogen and oxygen atoms in total. The second-order valence-electron chi connectivity index (χ2n) is 11.4. The number of nitrogens with zero attached hydrogens (tertiary/aromatic N) is 1. The summed E-state index contributed by atoms with van der Waals surface area (Å²) in [6, 6.07) is 1.11. The number of carbonyl (C=O) groups excluding carboxylic acids is 8. The quantitative estimate of drug-likeness (QED) is 0.00902. The third-order valence-corrected chi connectivity index (χ3v) is 7.19. The third-order valence-electron chi connectivity index (χ3n) is 6.58. The maximum atomic E-state index is 13.9. The Bertz CT molecular complexity index is 1630. The van der Waals surface area contributed by atoms with E-state index in [-0.39, 0.29) is 36.0 Å². The number of nitrogens with two attached hydrogens (primary N) is 6. The molecular weight excluding hydrogens is 758 g/mol. The van der Waals surface area contributed by atoms with Crippen molar-refractivity contribution in [1.82, 2.24) is 0 Å². The minimum absolute atomic E-state index is 0.0206. The summed E-state index contributed by atoms with van der Waals surface area (Å²) in [5.41, 5.74) is 29.6. The van der Waals surface area contributed by atoms with Crippen molar-refractivity contribution >= 4 is 65.5 Å².